The molecule has 0 fully saturated rings. The normalized spacial score (nSPS) is 13.4. The second-order valence-electron chi connectivity index (χ2n) is 4.10. The Morgan fingerprint density at radius 1 is 0.909 bits per heavy atom. The maximum absolute atomic E-state index is 12.6. The largest absolute Gasteiger partial charge is 0.406 e. The first kappa shape index (κ1) is 21.1. The highest BCUT2D eigenvalue weighted by Crippen LogP contribution is 2.48. The van der Waals surface area contributed by atoms with Crippen LogP contribution in [0.4, 0.5) is 0 Å². The van der Waals surface area contributed by atoms with Crippen LogP contribution >= 0.6 is 77.4 Å². The Labute approximate surface area is 158 Å². The number of benzene rings is 1. The van der Waals surface area contributed by atoms with Crippen LogP contribution in [0.2, 0.25) is 0 Å². The van der Waals surface area contributed by atoms with Crippen LogP contribution in [0, 0.1) is 0 Å². The summed E-state index contributed by atoms with van der Waals surface area (Å²) in [6.45, 7) is -0.731. The van der Waals surface area contributed by atoms with Gasteiger partial charge in [0.2, 0.25) is 7.59 Å². The Hall–Kier alpha value is 1.07. The minimum Gasteiger partial charge on any atom is -0.292 e. The number of alkyl halides is 6. The van der Waals surface area contributed by atoms with Crippen LogP contribution < -0.4 is 5.09 Å². The van der Waals surface area contributed by atoms with Gasteiger partial charge in [-0.3, -0.25) is 9.05 Å². The molecule has 1 aromatic rings. The highest BCUT2D eigenvalue weighted by molar-refractivity contribution is 7.51. The second kappa shape index (κ2) is 8.96. The van der Waals surface area contributed by atoms with Crippen molar-refractivity contribution >= 4 is 77.4 Å². The van der Waals surface area contributed by atoms with E-state index in [4.69, 9.17) is 78.7 Å². The number of hydrogen-bond acceptors (Lipinski definition) is 3. The van der Waals surface area contributed by atoms with Gasteiger partial charge in [0, 0.05) is 6.54 Å². The smallest absolute Gasteiger partial charge is 0.292 e. The topological polar surface area (TPSA) is 47.6 Å². The summed E-state index contributed by atoms with van der Waals surface area (Å²) >= 11 is 33.4. The fourth-order valence-corrected chi connectivity index (χ4v) is 3.37. The quantitative estimate of drug-likeness (QED) is 0.431. The van der Waals surface area contributed by atoms with Crippen molar-refractivity contribution in [2.24, 2.45) is 0 Å². The monoisotopic (exact) mass is 447 g/mol. The molecule has 0 aliphatic carbocycles. The molecule has 0 heterocycles. The Kier molecular flexibility index (Phi) is 8.60. The molecule has 1 rings (SSSR count). The maximum Gasteiger partial charge on any atom is 0.406 e. The van der Waals surface area contributed by atoms with E-state index in [0.29, 0.717) is 0 Å². The van der Waals surface area contributed by atoms with Crippen LogP contribution in [0.3, 0.4) is 0 Å². The van der Waals surface area contributed by atoms with E-state index in [-0.39, 0.29) is 6.54 Å². The highest BCUT2D eigenvalue weighted by Gasteiger charge is 2.33. The predicted octanol–water partition coefficient (Wildman–Crippen LogP) is 5.66. The summed E-state index contributed by atoms with van der Waals surface area (Å²) in [5, 5.41) is 2.62. The third-order valence-corrected chi connectivity index (χ3v) is 4.25. The lowest BCUT2D eigenvalue weighted by molar-refractivity contribution is 0.200. The molecule has 0 aliphatic heterocycles. The van der Waals surface area contributed by atoms with Crippen LogP contribution in [-0.4, -0.2) is 20.8 Å². The average molecular weight is 450 g/mol. The molecule has 0 unspecified atom stereocenters. The molecule has 0 aliphatic rings. The molecule has 0 saturated heterocycles. The first-order valence-corrected chi connectivity index (χ1v) is 9.62. The fraction of sp³-hybridized carbons (Fsp3) is 0.455. The van der Waals surface area contributed by atoms with E-state index < -0.39 is 28.5 Å². The summed E-state index contributed by atoms with van der Waals surface area (Å²) in [7, 11) is -3.83. The van der Waals surface area contributed by atoms with Crippen molar-refractivity contribution in [3.63, 3.8) is 0 Å². The van der Waals surface area contributed by atoms with Crippen molar-refractivity contribution in [2.45, 2.75) is 14.1 Å². The molecule has 1 N–H and O–H groups in total. The van der Waals surface area contributed by atoms with E-state index in [0.717, 1.165) is 5.56 Å². The lowest BCUT2D eigenvalue weighted by Crippen LogP contribution is -2.22. The molecule has 126 valence electrons. The third kappa shape index (κ3) is 10.0. The molecule has 0 bridgehead atoms. The summed E-state index contributed by atoms with van der Waals surface area (Å²) in [6.07, 6.45) is 0. The van der Waals surface area contributed by atoms with Gasteiger partial charge in [-0.1, -0.05) is 99.9 Å². The van der Waals surface area contributed by atoms with Crippen LogP contribution in [0.5, 0.6) is 0 Å². The number of halogens is 6. The highest BCUT2D eigenvalue weighted by atomic mass is 35.6. The number of nitrogens with one attached hydrogen (secondary N) is 1. The van der Waals surface area contributed by atoms with E-state index in [1.165, 1.54) is 0 Å². The van der Waals surface area contributed by atoms with Crippen molar-refractivity contribution in [3.05, 3.63) is 35.9 Å². The van der Waals surface area contributed by atoms with Crippen LogP contribution in [0.1, 0.15) is 5.56 Å². The van der Waals surface area contributed by atoms with Gasteiger partial charge in [0.25, 0.3) is 0 Å². The van der Waals surface area contributed by atoms with Gasteiger partial charge in [-0.15, -0.1) is 0 Å². The molecular formula is C11H12Cl6NO3P. The zero-order chi connectivity index (χ0) is 16.9. The molecule has 0 aromatic heterocycles. The molecule has 0 amide bonds. The van der Waals surface area contributed by atoms with Gasteiger partial charge in [-0.05, 0) is 5.56 Å². The summed E-state index contributed by atoms with van der Waals surface area (Å²) in [4.78, 5) is 0. The number of rotatable bonds is 7. The van der Waals surface area contributed by atoms with Gasteiger partial charge in [-0.2, -0.15) is 0 Å². The third-order valence-electron chi connectivity index (χ3n) is 2.12. The van der Waals surface area contributed by atoms with E-state index in [2.05, 4.69) is 5.09 Å². The zero-order valence-electron chi connectivity index (χ0n) is 10.9. The Bertz CT molecular complexity index is 483. The molecule has 0 saturated carbocycles. The predicted molar refractivity (Wildman–Crippen MR) is 93.4 cm³/mol. The van der Waals surface area contributed by atoms with Crippen LogP contribution in [0.25, 0.3) is 0 Å². The molecular weight excluding hydrogens is 438 g/mol. The fourth-order valence-electron chi connectivity index (χ4n) is 1.23. The maximum atomic E-state index is 12.6. The van der Waals surface area contributed by atoms with Crippen molar-refractivity contribution in [1.82, 2.24) is 5.09 Å². The van der Waals surface area contributed by atoms with E-state index in [1.807, 2.05) is 30.3 Å². The van der Waals surface area contributed by atoms with Gasteiger partial charge in [-0.25, -0.2) is 9.65 Å². The van der Waals surface area contributed by atoms with Gasteiger partial charge in [0.1, 0.15) is 13.2 Å². The van der Waals surface area contributed by atoms with Gasteiger partial charge >= 0.3 is 7.75 Å². The minimum absolute atomic E-state index is 0.192. The molecule has 11 heteroatoms. The van der Waals surface area contributed by atoms with Crippen molar-refractivity contribution in [2.75, 3.05) is 13.2 Å². The first-order chi connectivity index (χ1) is 9.99. The van der Waals surface area contributed by atoms with E-state index >= 15 is 0 Å². The van der Waals surface area contributed by atoms with Gasteiger partial charge in [0.15, 0.2) is 0 Å². The SMILES string of the molecule is O=P(NCc1ccccc1)(OCC(Cl)(Cl)Cl)OCC(Cl)(Cl)Cl. The summed E-state index contributed by atoms with van der Waals surface area (Å²) in [6, 6.07) is 9.14. The molecule has 0 radical (unpaired) electrons. The van der Waals surface area contributed by atoms with Crippen molar-refractivity contribution < 1.29 is 13.6 Å². The molecule has 0 spiro atoms. The number of hydrogen-bond donors (Lipinski definition) is 1. The average Bonchev–Trinajstić information content (AvgIpc) is 2.41. The van der Waals surface area contributed by atoms with Gasteiger partial charge in [0.05, 0.1) is 0 Å². The summed E-state index contributed by atoms with van der Waals surface area (Å²) < 4.78 is 19.2. The van der Waals surface area contributed by atoms with Crippen LogP contribution in [0.15, 0.2) is 30.3 Å². The second-order valence-corrected chi connectivity index (χ2v) is 11.0. The lowest BCUT2D eigenvalue weighted by Gasteiger charge is -2.23. The Morgan fingerprint density at radius 3 is 1.77 bits per heavy atom. The minimum atomic E-state index is -3.83. The van der Waals surface area contributed by atoms with Gasteiger partial charge < -0.3 is 0 Å². The van der Waals surface area contributed by atoms with Crippen LogP contribution in [-0.2, 0) is 20.2 Å². The molecule has 4 nitrogen and oxygen atoms in total. The lowest BCUT2D eigenvalue weighted by atomic mass is 10.2. The summed E-state index contributed by atoms with van der Waals surface area (Å²) in [5.41, 5.74) is 0.845. The zero-order valence-corrected chi connectivity index (χ0v) is 16.4. The van der Waals surface area contributed by atoms with Crippen molar-refractivity contribution in [1.29, 1.82) is 0 Å². The standard InChI is InChI=1S/C11H12Cl6NO3P/c12-10(13,14)7-20-22(19,21-8-11(15,16)17)18-6-9-4-2-1-3-5-9/h1-5H,6-8H2,(H,18,19). The van der Waals surface area contributed by atoms with E-state index in [1.54, 1.807) is 0 Å². The van der Waals surface area contributed by atoms with E-state index in [9.17, 15) is 4.57 Å². The van der Waals surface area contributed by atoms with Crippen molar-refractivity contribution in [3.8, 4) is 0 Å². The molecule has 0 atom stereocenters. The Balaban J connectivity index is 2.70. The first-order valence-electron chi connectivity index (χ1n) is 5.81. The summed E-state index contributed by atoms with van der Waals surface area (Å²) in [5.74, 6) is 0. The molecule has 22 heavy (non-hydrogen) atoms. The Morgan fingerprint density at radius 2 is 1.36 bits per heavy atom. The molecule has 1 aromatic carbocycles.